The number of nitrogens with zero attached hydrogens (tertiary/aromatic N) is 5. The van der Waals surface area contributed by atoms with Gasteiger partial charge in [-0.05, 0) is 106 Å². The summed E-state index contributed by atoms with van der Waals surface area (Å²) in [6.45, 7) is 21.7. The van der Waals surface area contributed by atoms with Crippen LogP contribution in [-0.2, 0) is 49.0 Å². The Morgan fingerprint density at radius 3 is 2.29 bits per heavy atom. The molecule has 2 aromatic rings. The van der Waals surface area contributed by atoms with Crippen LogP contribution in [0.2, 0.25) is 19.6 Å². The topological polar surface area (TPSA) is 161 Å². The SMILES string of the molecule is CC[C@H]1OC(=O)[C@H](C)C(=O)[C@H](C)[C@@H](O[C@@H]2O[C@H](C)C[C@H](N(C)C)[C@H]2O[Si](C)(C)C)[C@](C)(OC)C[C@@H](C)C(=O)[C@H](C)[C@H]2N(CCCCn3cnc(-c4cccnc4)c3)C(=O)O[C@]12C. The summed E-state index contributed by atoms with van der Waals surface area (Å²) in [5, 5.41) is 0. The fourth-order valence-electron chi connectivity index (χ4n) is 9.95. The van der Waals surface area contributed by atoms with Crippen LogP contribution < -0.4 is 0 Å². The van der Waals surface area contributed by atoms with E-state index < -0.39 is 91.7 Å². The largest absolute Gasteiger partial charge is 0.458 e. The summed E-state index contributed by atoms with van der Waals surface area (Å²) in [6, 6.07) is 3.01. The van der Waals surface area contributed by atoms with Gasteiger partial charge in [0.05, 0.1) is 35.9 Å². The number of carbonyl (C=O) groups is 4. The molecule has 15 nitrogen and oxygen atoms in total. The molecule has 346 valence electrons. The van der Waals surface area contributed by atoms with Gasteiger partial charge in [-0.25, -0.2) is 9.78 Å². The number of pyridine rings is 1. The molecule has 5 heterocycles. The van der Waals surface area contributed by atoms with Crippen molar-refractivity contribution in [2.45, 2.75) is 168 Å². The summed E-state index contributed by atoms with van der Waals surface area (Å²) in [5.41, 5.74) is -0.870. The van der Waals surface area contributed by atoms with E-state index in [0.717, 1.165) is 24.1 Å². The lowest BCUT2D eigenvalue weighted by atomic mass is 9.73. The zero-order valence-electron chi connectivity index (χ0n) is 39.6. The van der Waals surface area contributed by atoms with Crippen LogP contribution in [0.4, 0.5) is 4.79 Å². The summed E-state index contributed by atoms with van der Waals surface area (Å²) in [7, 11) is 3.42. The van der Waals surface area contributed by atoms with Crippen molar-refractivity contribution in [2.75, 3.05) is 27.7 Å². The quantitative estimate of drug-likeness (QED) is 0.0897. The molecule has 3 aliphatic heterocycles. The van der Waals surface area contributed by atoms with E-state index >= 15 is 0 Å². The predicted octanol–water partition coefficient (Wildman–Crippen LogP) is 6.79. The predicted molar refractivity (Wildman–Crippen MR) is 236 cm³/mol. The third-order valence-corrected chi connectivity index (χ3v) is 14.3. The van der Waals surface area contributed by atoms with E-state index in [0.29, 0.717) is 19.5 Å². The van der Waals surface area contributed by atoms with E-state index in [1.165, 1.54) is 0 Å². The van der Waals surface area contributed by atoms with Gasteiger partial charge in [-0.15, -0.1) is 0 Å². The Labute approximate surface area is 370 Å². The first-order valence-corrected chi connectivity index (χ1v) is 25.9. The molecule has 2 aromatic heterocycles. The fourth-order valence-corrected chi connectivity index (χ4v) is 11.0. The number of methoxy groups -OCH3 is 1. The number of likely N-dealkylation sites (N-methyl/N-ethyl adjacent to an activating group) is 1. The molecule has 0 spiro atoms. The highest BCUT2D eigenvalue weighted by Crippen LogP contribution is 2.43. The van der Waals surface area contributed by atoms with Gasteiger partial charge in [0.15, 0.2) is 26.0 Å². The van der Waals surface area contributed by atoms with Crippen molar-refractivity contribution >= 4 is 31.9 Å². The number of imidazole rings is 1. The van der Waals surface area contributed by atoms with Crippen LogP contribution in [0.25, 0.3) is 11.3 Å². The van der Waals surface area contributed by atoms with Gasteiger partial charge in [0, 0.05) is 68.1 Å². The minimum Gasteiger partial charge on any atom is -0.458 e. The number of unbranched alkanes of at least 4 members (excludes halogenated alkanes) is 1. The maximum atomic E-state index is 14.9. The Hall–Kier alpha value is -3.54. The summed E-state index contributed by atoms with van der Waals surface area (Å²) in [4.78, 5) is 70.0. The van der Waals surface area contributed by atoms with E-state index in [9.17, 15) is 19.2 Å². The van der Waals surface area contributed by atoms with Gasteiger partial charge in [-0.3, -0.25) is 19.4 Å². The molecule has 0 unspecified atom stereocenters. The lowest BCUT2D eigenvalue weighted by Crippen LogP contribution is -2.61. The fraction of sp³-hybridized carbons (Fsp3) is 0.739. The van der Waals surface area contributed by atoms with Crippen molar-refractivity contribution in [3.8, 4) is 11.3 Å². The number of Topliss-reactive ketones (excluding diaryl/α,β-unsaturated/α-hetero) is 2. The lowest BCUT2D eigenvalue weighted by molar-refractivity contribution is -0.292. The molecule has 1 amide bonds. The van der Waals surface area contributed by atoms with Crippen molar-refractivity contribution in [3.05, 3.63) is 37.1 Å². The van der Waals surface area contributed by atoms with E-state index in [4.69, 9.17) is 28.1 Å². The summed E-state index contributed by atoms with van der Waals surface area (Å²) in [6.07, 6.45) is 5.71. The van der Waals surface area contributed by atoms with E-state index in [2.05, 4.69) is 34.5 Å². The number of carbonyl (C=O) groups excluding carboxylic acids is 4. The maximum Gasteiger partial charge on any atom is 0.410 e. The van der Waals surface area contributed by atoms with E-state index in [1.807, 2.05) is 71.6 Å². The molecule has 0 bridgehead atoms. The molecular formula is C46H73N5O10Si. The Morgan fingerprint density at radius 1 is 0.984 bits per heavy atom. The Kier molecular flexibility index (Phi) is 16.0. The third-order valence-electron chi connectivity index (χ3n) is 13.3. The number of aromatic nitrogens is 3. The van der Waals surface area contributed by atoms with Crippen LogP contribution in [0.1, 0.15) is 87.5 Å². The second kappa shape index (κ2) is 20.1. The van der Waals surface area contributed by atoms with Gasteiger partial charge in [0.25, 0.3) is 0 Å². The highest BCUT2D eigenvalue weighted by atomic mass is 28.4. The monoisotopic (exact) mass is 884 g/mol. The second-order valence-corrected chi connectivity index (χ2v) is 24.0. The standard InChI is InChI=1S/C46H73N5O10Si/c1-15-36-46(8)40(51(44(55)60-46)22-17-16-21-50-26-34(48-27-50)33-19-18-20-47-25-33)30(4)37(52)28(2)24-45(7,56-11)41(31(5)38(53)32(6)42(54)58-36)59-43-39(61-62(12,13)14)35(49(9)10)23-29(3)57-43/h18-20,25-32,35-36,39-41,43H,15-17,21-24H2,1-14H3/t28-,29-,30+,31+,32-,35+,36-,39-,40-,41-,43+,45-,46-/m1/s1. The van der Waals surface area contributed by atoms with Crippen molar-refractivity contribution in [3.63, 3.8) is 0 Å². The summed E-state index contributed by atoms with van der Waals surface area (Å²) < 4.78 is 41.1. The minimum atomic E-state index is -2.15. The Balaban J connectivity index is 1.46. The van der Waals surface area contributed by atoms with Crippen LogP contribution in [0.5, 0.6) is 0 Å². The van der Waals surface area contributed by atoms with Crippen LogP contribution in [-0.4, -0.2) is 138 Å². The van der Waals surface area contributed by atoms with Crippen molar-refractivity contribution in [2.24, 2.45) is 23.7 Å². The van der Waals surface area contributed by atoms with Crippen LogP contribution in [0.3, 0.4) is 0 Å². The Morgan fingerprint density at radius 2 is 1.68 bits per heavy atom. The van der Waals surface area contributed by atoms with E-state index in [1.54, 1.807) is 51.5 Å². The van der Waals surface area contributed by atoms with Crippen molar-refractivity contribution in [1.29, 1.82) is 0 Å². The molecule has 16 heteroatoms. The highest BCUT2D eigenvalue weighted by Gasteiger charge is 2.60. The number of ketones is 2. The number of hydrogen-bond acceptors (Lipinski definition) is 13. The molecule has 5 rings (SSSR count). The number of hydrogen-bond donors (Lipinski definition) is 0. The van der Waals surface area contributed by atoms with Gasteiger partial charge in [-0.1, -0.05) is 27.7 Å². The van der Waals surface area contributed by atoms with Crippen molar-refractivity contribution < 1.29 is 47.3 Å². The zero-order valence-corrected chi connectivity index (χ0v) is 40.6. The smallest absolute Gasteiger partial charge is 0.410 e. The highest BCUT2D eigenvalue weighted by molar-refractivity contribution is 6.69. The molecule has 3 aliphatic rings. The first-order chi connectivity index (χ1) is 29.0. The number of cyclic esters (lactones) is 1. The van der Waals surface area contributed by atoms with Crippen LogP contribution >= 0.6 is 0 Å². The maximum absolute atomic E-state index is 14.9. The molecule has 0 radical (unpaired) electrons. The third kappa shape index (κ3) is 10.9. The second-order valence-electron chi connectivity index (χ2n) is 19.5. The number of esters is 1. The zero-order chi connectivity index (χ0) is 45.9. The first-order valence-electron chi connectivity index (χ1n) is 22.4. The van der Waals surface area contributed by atoms with Gasteiger partial charge in [0.1, 0.15) is 23.9 Å². The first kappa shape index (κ1) is 49.5. The van der Waals surface area contributed by atoms with Gasteiger partial charge in [0.2, 0.25) is 0 Å². The number of rotatable bonds is 13. The van der Waals surface area contributed by atoms with Crippen LogP contribution in [0.15, 0.2) is 37.1 Å². The molecule has 3 saturated heterocycles. The molecule has 3 fully saturated rings. The average Bonchev–Trinajstić information content (AvgIpc) is 3.80. The van der Waals surface area contributed by atoms with Gasteiger partial charge < -0.3 is 42.5 Å². The molecule has 0 N–H and O–H groups in total. The summed E-state index contributed by atoms with van der Waals surface area (Å²) >= 11 is 0. The van der Waals surface area contributed by atoms with Gasteiger partial charge in [-0.2, -0.15) is 0 Å². The number of ether oxygens (including phenoxy) is 5. The number of aryl methyl sites for hydroxylation is 1. The van der Waals surface area contributed by atoms with Crippen molar-refractivity contribution in [1.82, 2.24) is 24.3 Å². The Bertz CT molecular complexity index is 1860. The molecular weight excluding hydrogens is 811 g/mol. The van der Waals surface area contributed by atoms with Gasteiger partial charge >= 0.3 is 12.1 Å². The average molecular weight is 884 g/mol. The molecule has 0 saturated carbocycles. The van der Waals surface area contributed by atoms with E-state index in [-0.39, 0.29) is 30.8 Å². The molecule has 0 aliphatic carbocycles. The molecule has 0 aromatic carbocycles. The summed E-state index contributed by atoms with van der Waals surface area (Å²) in [5.74, 6) is -4.71. The molecule has 13 atom stereocenters. The van der Waals surface area contributed by atoms with Crippen LogP contribution in [0, 0.1) is 23.7 Å². The number of amides is 1. The lowest BCUT2D eigenvalue weighted by Gasteiger charge is -2.49. The normalized spacial score (nSPS) is 35.4. The minimum absolute atomic E-state index is 0.0419. The molecule has 62 heavy (non-hydrogen) atoms. The number of fused-ring (bicyclic) bond motifs is 1.